The van der Waals surface area contributed by atoms with Crippen LogP contribution in [0, 0.1) is 0 Å². The van der Waals surface area contributed by atoms with E-state index in [1.54, 1.807) is 30.2 Å². The molecule has 6 heteroatoms. The van der Waals surface area contributed by atoms with Crippen molar-refractivity contribution in [2.75, 3.05) is 25.5 Å². The Kier molecular flexibility index (Phi) is 4.57. The number of piperidine rings is 1. The van der Waals surface area contributed by atoms with E-state index in [2.05, 4.69) is 5.32 Å². The summed E-state index contributed by atoms with van der Waals surface area (Å²) in [6.07, 6.45) is 1.86. The molecule has 1 atom stereocenters. The molecule has 1 unspecified atom stereocenters. The number of methoxy groups -OCH3 is 1. The van der Waals surface area contributed by atoms with Crippen LogP contribution in [0.15, 0.2) is 24.3 Å². The molecule has 1 aliphatic rings. The SMILES string of the molecule is COC1CCCN(C(=O)Nc2ccccc2C(=O)O)C1. The van der Waals surface area contributed by atoms with Gasteiger partial charge in [-0.2, -0.15) is 0 Å². The molecule has 1 aliphatic heterocycles. The highest BCUT2D eigenvalue weighted by molar-refractivity contribution is 5.99. The van der Waals surface area contributed by atoms with Crippen molar-refractivity contribution in [1.29, 1.82) is 0 Å². The van der Waals surface area contributed by atoms with Gasteiger partial charge in [-0.05, 0) is 25.0 Å². The van der Waals surface area contributed by atoms with Crippen molar-refractivity contribution in [3.8, 4) is 0 Å². The fraction of sp³-hybridized carbons (Fsp3) is 0.429. The van der Waals surface area contributed by atoms with Gasteiger partial charge in [-0.1, -0.05) is 12.1 Å². The first kappa shape index (κ1) is 14.3. The molecule has 0 spiro atoms. The smallest absolute Gasteiger partial charge is 0.337 e. The highest BCUT2D eigenvalue weighted by Gasteiger charge is 2.24. The van der Waals surface area contributed by atoms with Gasteiger partial charge in [0.05, 0.1) is 17.4 Å². The maximum Gasteiger partial charge on any atom is 0.337 e. The Morgan fingerprint density at radius 1 is 1.40 bits per heavy atom. The second kappa shape index (κ2) is 6.38. The molecule has 2 amide bonds. The van der Waals surface area contributed by atoms with Crippen molar-refractivity contribution in [2.24, 2.45) is 0 Å². The van der Waals surface area contributed by atoms with Crippen LogP contribution in [0.3, 0.4) is 0 Å². The number of likely N-dealkylation sites (tertiary alicyclic amines) is 1. The zero-order valence-electron chi connectivity index (χ0n) is 11.3. The number of carboxylic acids is 1. The molecular formula is C14H18N2O4. The second-order valence-corrected chi connectivity index (χ2v) is 4.73. The van der Waals surface area contributed by atoms with Crippen LogP contribution in [0.5, 0.6) is 0 Å². The number of nitrogens with zero attached hydrogens (tertiary/aromatic N) is 1. The average molecular weight is 278 g/mol. The maximum absolute atomic E-state index is 12.2. The van der Waals surface area contributed by atoms with E-state index in [9.17, 15) is 9.59 Å². The van der Waals surface area contributed by atoms with E-state index in [0.29, 0.717) is 18.8 Å². The van der Waals surface area contributed by atoms with E-state index in [-0.39, 0.29) is 17.7 Å². The summed E-state index contributed by atoms with van der Waals surface area (Å²) in [5.41, 5.74) is 0.394. The van der Waals surface area contributed by atoms with Gasteiger partial charge in [-0.3, -0.25) is 0 Å². The number of para-hydroxylation sites is 1. The third-order valence-corrected chi connectivity index (χ3v) is 3.40. The van der Waals surface area contributed by atoms with Crippen molar-refractivity contribution >= 4 is 17.7 Å². The highest BCUT2D eigenvalue weighted by atomic mass is 16.5. The van der Waals surface area contributed by atoms with Gasteiger partial charge in [0.25, 0.3) is 0 Å². The number of ether oxygens (including phenoxy) is 1. The van der Waals surface area contributed by atoms with Crippen LogP contribution >= 0.6 is 0 Å². The third-order valence-electron chi connectivity index (χ3n) is 3.40. The molecule has 6 nitrogen and oxygen atoms in total. The molecule has 0 saturated carbocycles. The fourth-order valence-corrected chi connectivity index (χ4v) is 2.29. The number of hydrogen-bond donors (Lipinski definition) is 2. The average Bonchev–Trinajstić information content (AvgIpc) is 2.47. The number of aromatic carboxylic acids is 1. The van der Waals surface area contributed by atoms with Gasteiger partial charge in [-0.25, -0.2) is 9.59 Å². The zero-order chi connectivity index (χ0) is 14.5. The molecule has 1 aromatic carbocycles. The number of anilines is 1. The molecule has 0 radical (unpaired) electrons. The van der Waals surface area contributed by atoms with E-state index in [4.69, 9.17) is 9.84 Å². The Labute approximate surface area is 117 Å². The lowest BCUT2D eigenvalue weighted by atomic mass is 10.1. The summed E-state index contributed by atoms with van der Waals surface area (Å²) in [5, 5.41) is 11.7. The second-order valence-electron chi connectivity index (χ2n) is 4.73. The Hall–Kier alpha value is -2.08. The quantitative estimate of drug-likeness (QED) is 0.886. The first-order chi connectivity index (χ1) is 9.61. The first-order valence-corrected chi connectivity index (χ1v) is 6.53. The lowest BCUT2D eigenvalue weighted by Gasteiger charge is -2.32. The van der Waals surface area contributed by atoms with Crippen LogP contribution in [0.4, 0.5) is 10.5 Å². The number of nitrogens with one attached hydrogen (secondary N) is 1. The van der Waals surface area contributed by atoms with E-state index in [1.807, 2.05) is 0 Å². The van der Waals surface area contributed by atoms with Gasteiger partial charge >= 0.3 is 12.0 Å². The number of urea groups is 1. The van der Waals surface area contributed by atoms with E-state index >= 15 is 0 Å². The lowest BCUT2D eigenvalue weighted by molar-refractivity contribution is 0.0458. The summed E-state index contributed by atoms with van der Waals surface area (Å²) in [4.78, 5) is 24.9. The van der Waals surface area contributed by atoms with Crippen LogP contribution in [-0.4, -0.2) is 48.3 Å². The minimum atomic E-state index is -1.06. The van der Waals surface area contributed by atoms with E-state index in [1.165, 1.54) is 6.07 Å². The van der Waals surface area contributed by atoms with E-state index < -0.39 is 5.97 Å². The largest absolute Gasteiger partial charge is 0.478 e. The number of rotatable bonds is 3. The van der Waals surface area contributed by atoms with Crippen molar-refractivity contribution < 1.29 is 19.4 Å². The monoisotopic (exact) mass is 278 g/mol. The molecule has 108 valence electrons. The molecule has 2 rings (SSSR count). The lowest BCUT2D eigenvalue weighted by Crippen LogP contribution is -2.45. The summed E-state index contributed by atoms with van der Waals surface area (Å²) in [6.45, 7) is 1.18. The maximum atomic E-state index is 12.2. The Bertz CT molecular complexity index is 504. The first-order valence-electron chi connectivity index (χ1n) is 6.53. The number of carbonyl (C=O) groups excluding carboxylic acids is 1. The van der Waals surface area contributed by atoms with E-state index in [0.717, 1.165) is 12.8 Å². The number of carboxylic acid groups (broad SMARTS) is 1. The molecule has 20 heavy (non-hydrogen) atoms. The standard InChI is InChI=1S/C14H18N2O4/c1-20-10-5-4-8-16(9-10)14(19)15-12-7-3-2-6-11(12)13(17)18/h2-3,6-7,10H,4-5,8-9H2,1H3,(H,15,19)(H,17,18). The van der Waals surface area contributed by atoms with Crippen LogP contribution in [-0.2, 0) is 4.74 Å². The van der Waals surface area contributed by atoms with Crippen molar-refractivity contribution in [2.45, 2.75) is 18.9 Å². The minimum Gasteiger partial charge on any atom is -0.478 e. The normalized spacial score (nSPS) is 18.6. The third kappa shape index (κ3) is 3.27. The molecule has 2 N–H and O–H groups in total. The van der Waals surface area contributed by atoms with Gasteiger partial charge in [0, 0.05) is 20.2 Å². The summed E-state index contributed by atoms with van der Waals surface area (Å²) in [5.74, 6) is -1.06. The summed E-state index contributed by atoms with van der Waals surface area (Å²) < 4.78 is 5.27. The van der Waals surface area contributed by atoms with Crippen LogP contribution in [0.25, 0.3) is 0 Å². The van der Waals surface area contributed by atoms with Crippen molar-refractivity contribution in [3.63, 3.8) is 0 Å². The number of carbonyl (C=O) groups is 2. The predicted octanol–water partition coefficient (Wildman–Crippen LogP) is 2.03. The molecule has 0 aromatic heterocycles. The summed E-state index contributed by atoms with van der Waals surface area (Å²) in [7, 11) is 1.63. The Morgan fingerprint density at radius 2 is 2.15 bits per heavy atom. The highest BCUT2D eigenvalue weighted by Crippen LogP contribution is 2.18. The van der Waals surface area contributed by atoms with Crippen molar-refractivity contribution in [3.05, 3.63) is 29.8 Å². The minimum absolute atomic E-state index is 0.0456. The van der Waals surface area contributed by atoms with Gasteiger partial charge in [0.1, 0.15) is 0 Å². The molecule has 1 fully saturated rings. The Balaban J connectivity index is 2.06. The van der Waals surface area contributed by atoms with Crippen molar-refractivity contribution in [1.82, 2.24) is 4.90 Å². The molecule has 1 aromatic rings. The Morgan fingerprint density at radius 3 is 2.85 bits per heavy atom. The van der Waals surface area contributed by atoms with Crippen LogP contribution < -0.4 is 5.32 Å². The zero-order valence-corrected chi connectivity index (χ0v) is 11.3. The van der Waals surface area contributed by atoms with Gasteiger partial charge < -0.3 is 20.1 Å². The summed E-state index contributed by atoms with van der Waals surface area (Å²) in [6, 6.07) is 6.07. The molecule has 1 heterocycles. The van der Waals surface area contributed by atoms with Gasteiger partial charge in [-0.15, -0.1) is 0 Å². The predicted molar refractivity (Wildman–Crippen MR) is 74.0 cm³/mol. The number of benzene rings is 1. The van der Waals surface area contributed by atoms with Gasteiger partial charge in [0.15, 0.2) is 0 Å². The number of hydrogen-bond acceptors (Lipinski definition) is 3. The molecular weight excluding hydrogens is 260 g/mol. The molecule has 1 saturated heterocycles. The summed E-state index contributed by atoms with van der Waals surface area (Å²) >= 11 is 0. The van der Waals surface area contributed by atoms with Crippen LogP contribution in [0.1, 0.15) is 23.2 Å². The number of amides is 2. The molecule has 0 aliphatic carbocycles. The topological polar surface area (TPSA) is 78.9 Å². The fourth-order valence-electron chi connectivity index (χ4n) is 2.29. The van der Waals surface area contributed by atoms with Gasteiger partial charge in [0.2, 0.25) is 0 Å². The molecule has 0 bridgehead atoms. The van der Waals surface area contributed by atoms with Crippen LogP contribution in [0.2, 0.25) is 0 Å².